The number of hydrogen-bond acceptors (Lipinski definition) is 2. The van der Waals surface area contributed by atoms with E-state index in [1.54, 1.807) is 0 Å². The number of rotatable bonds is 4. The van der Waals surface area contributed by atoms with Gasteiger partial charge in [-0.3, -0.25) is 4.79 Å². The van der Waals surface area contributed by atoms with Crippen LogP contribution in [0.25, 0.3) is 0 Å². The molecule has 28 heavy (non-hydrogen) atoms. The molecule has 2 heteroatoms. The Balaban J connectivity index is 1.47. The first-order valence-corrected chi connectivity index (χ1v) is 11.5. The molecule has 0 spiro atoms. The van der Waals surface area contributed by atoms with Crippen molar-refractivity contribution in [3.63, 3.8) is 0 Å². The number of carbonyl (C=O) groups excluding carboxylic acids is 1. The summed E-state index contributed by atoms with van der Waals surface area (Å²) in [6, 6.07) is 11.2. The minimum absolute atomic E-state index is 0.0506. The summed E-state index contributed by atoms with van der Waals surface area (Å²) in [6.45, 7) is 9.31. The number of nitrogens with one attached hydrogen (secondary N) is 1. The van der Waals surface area contributed by atoms with E-state index < -0.39 is 0 Å². The first-order valence-electron chi connectivity index (χ1n) is 11.5. The van der Waals surface area contributed by atoms with Crippen molar-refractivity contribution in [2.75, 3.05) is 13.1 Å². The molecule has 152 valence electrons. The van der Waals surface area contributed by atoms with Gasteiger partial charge in [0, 0.05) is 18.4 Å². The van der Waals surface area contributed by atoms with E-state index in [9.17, 15) is 4.79 Å². The molecule has 4 bridgehead atoms. The molecule has 1 aromatic carbocycles. The van der Waals surface area contributed by atoms with Gasteiger partial charge in [-0.15, -0.1) is 0 Å². The van der Waals surface area contributed by atoms with Gasteiger partial charge < -0.3 is 5.32 Å². The average Bonchev–Trinajstić information content (AvgIpc) is 2.62. The van der Waals surface area contributed by atoms with E-state index in [1.165, 1.54) is 31.2 Å². The summed E-state index contributed by atoms with van der Waals surface area (Å²) in [6.07, 6.45) is 9.32. The SMILES string of the molecule is CC1(C)CNCCC1CC(=O)C12CC3C[C@@](C)(C1)C[C@](c1ccccc1)(C3)C2. The molecule has 5 fully saturated rings. The molecular weight excluding hydrogens is 342 g/mol. The van der Waals surface area contributed by atoms with E-state index in [-0.39, 0.29) is 16.2 Å². The average molecular weight is 380 g/mol. The van der Waals surface area contributed by atoms with Gasteiger partial charge in [0.2, 0.25) is 0 Å². The summed E-state index contributed by atoms with van der Waals surface area (Å²) >= 11 is 0. The second-order valence-corrected chi connectivity index (χ2v) is 12.0. The maximum Gasteiger partial charge on any atom is 0.139 e. The topological polar surface area (TPSA) is 29.1 Å². The van der Waals surface area contributed by atoms with Crippen molar-refractivity contribution in [1.82, 2.24) is 5.32 Å². The van der Waals surface area contributed by atoms with Crippen LogP contribution in [-0.4, -0.2) is 18.9 Å². The van der Waals surface area contributed by atoms with Gasteiger partial charge >= 0.3 is 0 Å². The zero-order valence-corrected chi connectivity index (χ0v) is 18.0. The van der Waals surface area contributed by atoms with E-state index in [2.05, 4.69) is 56.4 Å². The highest BCUT2D eigenvalue weighted by Gasteiger charge is 2.64. The summed E-state index contributed by atoms with van der Waals surface area (Å²) in [5.41, 5.74) is 2.29. The number of piperidine rings is 1. The van der Waals surface area contributed by atoms with Gasteiger partial charge in [0.05, 0.1) is 0 Å². The third kappa shape index (κ3) is 2.90. The number of hydrogen-bond donors (Lipinski definition) is 1. The highest BCUT2D eigenvalue weighted by molar-refractivity contribution is 5.86. The molecule has 1 heterocycles. The van der Waals surface area contributed by atoms with Crippen molar-refractivity contribution >= 4 is 5.78 Å². The van der Waals surface area contributed by atoms with Crippen molar-refractivity contribution in [3.05, 3.63) is 35.9 Å². The normalized spacial score (nSPS) is 43.8. The van der Waals surface area contributed by atoms with Crippen LogP contribution in [0.5, 0.6) is 0 Å². The zero-order chi connectivity index (χ0) is 19.6. The number of Topliss-reactive ketones (excluding diaryl/α,β-unsaturated/α-hetero) is 1. The summed E-state index contributed by atoms with van der Waals surface area (Å²) in [4.78, 5) is 13.9. The molecule has 3 unspecified atom stereocenters. The lowest BCUT2D eigenvalue weighted by atomic mass is 9.38. The molecular formula is C26H37NO. The predicted octanol–water partition coefficient (Wildman–Crippen LogP) is 5.51. The molecule has 1 saturated heterocycles. The molecule has 6 rings (SSSR count). The predicted molar refractivity (Wildman–Crippen MR) is 114 cm³/mol. The van der Waals surface area contributed by atoms with Crippen molar-refractivity contribution in [3.8, 4) is 0 Å². The van der Waals surface area contributed by atoms with Crippen molar-refractivity contribution in [2.45, 2.75) is 77.6 Å². The molecule has 0 aromatic heterocycles. The maximum atomic E-state index is 13.9. The Hall–Kier alpha value is -1.15. The van der Waals surface area contributed by atoms with Crippen LogP contribution in [0.1, 0.15) is 77.7 Å². The van der Waals surface area contributed by atoms with Crippen molar-refractivity contribution in [1.29, 1.82) is 0 Å². The van der Waals surface area contributed by atoms with Gasteiger partial charge in [-0.05, 0) is 85.1 Å². The minimum atomic E-state index is -0.0506. The molecule has 5 atom stereocenters. The molecule has 1 N–H and O–H groups in total. The standard InChI is InChI=1S/C26H37NO/c1-23(2)18-27-10-9-21(23)11-22(28)26-14-19-12-24(3,16-26)15-25(13-19,17-26)20-7-5-4-6-8-20/h4-8,19,21,27H,9-18H2,1-3H3/t19?,21?,24-,25-,26?/m1/s1. The molecule has 0 amide bonds. The Bertz CT molecular complexity index is 770. The van der Waals surface area contributed by atoms with Gasteiger partial charge in [-0.2, -0.15) is 0 Å². The fourth-order valence-electron chi connectivity index (χ4n) is 8.39. The Kier molecular flexibility index (Phi) is 4.16. The Morgan fingerprint density at radius 1 is 1.04 bits per heavy atom. The van der Waals surface area contributed by atoms with E-state index in [0.717, 1.165) is 44.7 Å². The quantitative estimate of drug-likeness (QED) is 0.747. The van der Waals surface area contributed by atoms with Crippen LogP contribution in [0.2, 0.25) is 0 Å². The van der Waals surface area contributed by atoms with Crippen LogP contribution in [0.3, 0.4) is 0 Å². The van der Waals surface area contributed by atoms with Gasteiger partial charge in [-0.25, -0.2) is 0 Å². The highest BCUT2D eigenvalue weighted by Crippen LogP contribution is 2.70. The van der Waals surface area contributed by atoms with Crippen molar-refractivity contribution in [2.24, 2.45) is 28.1 Å². The minimum Gasteiger partial charge on any atom is -0.316 e. The monoisotopic (exact) mass is 379 g/mol. The third-order valence-corrected chi connectivity index (χ3v) is 9.11. The molecule has 0 radical (unpaired) electrons. The molecule has 5 aliphatic rings. The lowest BCUT2D eigenvalue weighted by Crippen LogP contribution is -2.60. The third-order valence-electron chi connectivity index (χ3n) is 9.11. The molecule has 1 aromatic rings. The van der Waals surface area contributed by atoms with E-state index in [4.69, 9.17) is 0 Å². The first kappa shape index (κ1) is 18.9. The summed E-state index contributed by atoms with van der Waals surface area (Å²) in [5, 5.41) is 3.54. The van der Waals surface area contributed by atoms with Crippen molar-refractivity contribution < 1.29 is 4.79 Å². The zero-order valence-electron chi connectivity index (χ0n) is 18.0. The Labute approximate surface area is 170 Å². The number of benzene rings is 1. The smallest absolute Gasteiger partial charge is 0.139 e. The summed E-state index contributed by atoms with van der Waals surface area (Å²) < 4.78 is 0. The Morgan fingerprint density at radius 2 is 1.82 bits per heavy atom. The van der Waals surface area contributed by atoms with E-state index in [0.29, 0.717) is 17.1 Å². The fourth-order valence-corrected chi connectivity index (χ4v) is 8.39. The lowest BCUT2D eigenvalue weighted by molar-refractivity contribution is -0.159. The van der Waals surface area contributed by atoms with Crippen LogP contribution < -0.4 is 5.32 Å². The summed E-state index contributed by atoms with van der Waals surface area (Å²) in [7, 11) is 0. The lowest BCUT2D eigenvalue weighted by Gasteiger charge is -2.66. The van der Waals surface area contributed by atoms with Crippen LogP contribution in [0.4, 0.5) is 0 Å². The molecule has 2 nitrogen and oxygen atoms in total. The second-order valence-electron chi connectivity index (χ2n) is 12.0. The van der Waals surface area contributed by atoms with Crippen LogP contribution in [0.15, 0.2) is 30.3 Å². The maximum absolute atomic E-state index is 13.9. The summed E-state index contributed by atoms with van der Waals surface area (Å²) in [5.74, 6) is 1.89. The van der Waals surface area contributed by atoms with E-state index in [1.807, 2.05) is 0 Å². The van der Waals surface area contributed by atoms with E-state index >= 15 is 0 Å². The van der Waals surface area contributed by atoms with Gasteiger partial charge in [0.25, 0.3) is 0 Å². The van der Waals surface area contributed by atoms with Crippen LogP contribution in [0, 0.1) is 28.1 Å². The first-order chi connectivity index (χ1) is 13.2. The van der Waals surface area contributed by atoms with Gasteiger partial charge in [-0.1, -0.05) is 51.1 Å². The van der Waals surface area contributed by atoms with Crippen LogP contribution in [-0.2, 0) is 10.2 Å². The fraction of sp³-hybridized carbons (Fsp3) is 0.731. The largest absolute Gasteiger partial charge is 0.316 e. The van der Waals surface area contributed by atoms with Gasteiger partial charge in [0.1, 0.15) is 5.78 Å². The number of ketones is 1. The van der Waals surface area contributed by atoms with Crippen LogP contribution >= 0.6 is 0 Å². The Morgan fingerprint density at radius 3 is 2.54 bits per heavy atom. The molecule has 4 saturated carbocycles. The molecule has 4 aliphatic carbocycles. The van der Waals surface area contributed by atoms with Gasteiger partial charge in [0.15, 0.2) is 0 Å². The number of carbonyl (C=O) groups is 1. The second kappa shape index (κ2) is 6.17. The molecule has 1 aliphatic heterocycles. The highest BCUT2D eigenvalue weighted by atomic mass is 16.1.